The summed E-state index contributed by atoms with van der Waals surface area (Å²) < 4.78 is 0. The van der Waals surface area contributed by atoms with Gasteiger partial charge in [0.15, 0.2) is 0 Å². The Hall–Kier alpha value is -1.49. The standard InChI is InChI=1S/C16H25N3O2/c1-11-9-18-15(12(2)16(11)19(20)21)10-17-13(3)14-7-5-4-6-8-14/h9,13-14,17H,4-8,10H2,1-3H3/t13-/m1/s1. The van der Waals surface area contributed by atoms with Crippen molar-refractivity contribution in [2.45, 2.75) is 65.5 Å². The second kappa shape index (κ2) is 6.98. The predicted molar refractivity (Wildman–Crippen MR) is 83.2 cm³/mol. The largest absolute Gasteiger partial charge is 0.308 e. The molecule has 0 aromatic carbocycles. The molecule has 21 heavy (non-hydrogen) atoms. The predicted octanol–water partition coefficient (Wildman–Crippen LogP) is 3.67. The zero-order chi connectivity index (χ0) is 15.4. The fourth-order valence-corrected chi connectivity index (χ4v) is 3.28. The molecule has 0 aliphatic heterocycles. The maximum atomic E-state index is 11.1. The molecule has 2 rings (SSSR count). The van der Waals surface area contributed by atoms with Crippen molar-refractivity contribution in [3.05, 3.63) is 33.1 Å². The van der Waals surface area contributed by atoms with E-state index in [0.29, 0.717) is 23.7 Å². The maximum Gasteiger partial charge on any atom is 0.278 e. The van der Waals surface area contributed by atoms with Crippen LogP contribution in [0, 0.1) is 29.9 Å². The van der Waals surface area contributed by atoms with E-state index in [1.165, 1.54) is 32.1 Å². The van der Waals surface area contributed by atoms with Gasteiger partial charge in [0.1, 0.15) is 0 Å². The summed E-state index contributed by atoms with van der Waals surface area (Å²) in [5.74, 6) is 0.722. The number of hydrogen-bond acceptors (Lipinski definition) is 4. The number of pyridine rings is 1. The van der Waals surface area contributed by atoms with Gasteiger partial charge in [-0.3, -0.25) is 15.1 Å². The van der Waals surface area contributed by atoms with Gasteiger partial charge in [-0.15, -0.1) is 0 Å². The second-order valence-electron chi connectivity index (χ2n) is 6.19. The molecule has 1 aliphatic carbocycles. The van der Waals surface area contributed by atoms with Gasteiger partial charge in [0.25, 0.3) is 5.69 Å². The Morgan fingerprint density at radius 2 is 2.05 bits per heavy atom. The summed E-state index contributed by atoms with van der Waals surface area (Å²) in [5.41, 5.74) is 2.30. The summed E-state index contributed by atoms with van der Waals surface area (Å²) in [5, 5.41) is 14.6. The van der Waals surface area contributed by atoms with Gasteiger partial charge in [0.05, 0.1) is 10.6 Å². The number of rotatable bonds is 5. The molecule has 0 saturated heterocycles. The van der Waals surface area contributed by atoms with Crippen LogP contribution in [-0.2, 0) is 6.54 Å². The van der Waals surface area contributed by atoms with Crippen molar-refractivity contribution < 1.29 is 4.92 Å². The molecule has 1 saturated carbocycles. The Kier molecular flexibility index (Phi) is 5.28. The third kappa shape index (κ3) is 3.79. The highest BCUT2D eigenvalue weighted by molar-refractivity contribution is 5.47. The first-order valence-electron chi connectivity index (χ1n) is 7.83. The van der Waals surface area contributed by atoms with E-state index in [2.05, 4.69) is 17.2 Å². The first-order valence-corrected chi connectivity index (χ1v) is 7.83. The summed E-state index contributed by atoms with van der Waals surface area (Å²) in [6.07, 6.45) is 8.18. The van der Waals surface area contributed by atoms with Crippen LogP contribution in [0.2, 0.25) is 0 Å². The molecular formula is C16H25N3O2. The van der Waals surface area contributed by atoms with E-state index in [1.807, 2.05) is 0 Å². The highest BCUT2D eigenvalue weighted by atomic mass is 16.6. The van der Waals surface area contributed by atoms with E-state index >= 15 is 0 Å². The number of nitrogens with one attached hydrogen (secondary N) is 1. The molecule has 1 atom stereocenters. The minimum absolute atomic E-state index is 0.201. The zero-order valence-corrected chi connectivity index (χ0v) is 13.2. The Balaban J connectivity index is 2.03. The van der Waals surface area contributed by atoms with Crippen LogP contribution in [0.5, 0.6) is 0 Å². The Bertz CT molecular complexity index is 510. The lowest BCUT2D eigenvalue weighted by atomic mass is 9.84. The van der Waals surface area contributed by atoms with Crippen molar-refractivity contribution in [3.8, 4) is 0 Å². The molecule has 116 valence electrons. The zero-order valence-electron chi connectivity index (χ0n) is 13.2. The van der Waals surface area contributed by atoms with Gasteiger partial charge < -0.3 is 5.32 Å². The van der Waals surface area contributed by atoms with E-state index in [4.69, 9.17) is 0 Å². The van der Waals surface area contributed by atoms with Crippen molar-refractivity contribution in [1.29, 1.82) is 0 Å². The van der Waals surface area contributed by atoms with Crippen LogP contribution < -0.4 is 5.32 Å². The van der Waals surface area contributed by atoms with Gasteiger partial charge in [-0.25, -0.2) is 0 Å². The van der Waals surface area contributed by atoms with Crippen LogP contribution in [0.4, 0.5) is 5.69 Å². The molecule has 1 N–H and O–H groups in total. The average molecular weight is 291 g/mol. The summed E-state index contributed by atoms with van der Waals surface area (Å²) in [4.78, 5) is 15.2. The molecule has 1 fully saturated rings. The number of nitro groups is 1. The lowest BCUT2D eigenvalue weighted by molar-refractivity contribution is -0.386. The average Bonchev–Trinajstić information content (AvgIpc) is 2.46. The number of aryl methyl sites for hydroxylation is 1. The van der Waals surface area contributed by atoms with Gasteiger partial charge >= 0.3 is 0 Å². The minimum atomic E-state index is -0.305. The molecule has 0 bridgehead atoms. The third-order valence-electron chi connectivity index (χ3n) is 4.71. The number of aromatic nitrogens is 1. The molecule has 0 spiro atoms. The van der Waals surface area contributed by atoms with E-state index < -0.39 is 0 Å². The lowest BCUT2D eigenvalue weighted by Gasteiger charge is -2.28. The first kappa shape index (κ1) is 15.9. The minimum Gasteiger partial charge on any atom is -0.308 e. The van der Waals surface area contributed by atoms with Crippen molar-refractivity contribution in [1.82, 2.24) is 10.3 Å². The highest BCUT2D eigenvalue weighted by Gasteiger charge is 2.22. The SMILES string of the molecule is Cc1cnc(CN[C@H](C)C2CCCCC2)c(C)c1[N+](=O)[O-]. The molecule has 1 aromatic rings. The van der Waals surface area contributed by atoms with E-state index in [9.17, 15) is 10.1 Å². The Labute approximate surface area is 126 Å². The fourth-order valence-electron chi connectivity index (χ4n) is 3.28. The quantitative estimate of drug-likeness (QED) is 0.664. The third-order valence-corrected chi connectivity index (χ3v) is 4.71. The first-order chi connectivity index (χ1) is 10.0. The van der Waals surface area contributed by atoms with Crippen LogP contribution in [0.3, 0.4) is 0 Å². The van der Waals surface area contributed by atoms with Crippen molar-refractivity contribution in [2.24, 2.45) is 5.92 Å². The smallest absolute Gasteiger partial charge is 0.278 e. The fraction of sp³-hybridized carbons (Fsp3) is 0.688. The second-order valence-corrected chi connectivity index (χ2v) is 6.19. The van der Waals surface area contributed by atoms with Gasteiger partial charge in [-0.2, -0.15) is 0 Å². The number of hydrogen-bond donors (Lipinski definition) is 1. The molecule has 1 heterocycles. The van der Waals surface area contributed by atoms with Crippen molar-refractivity contribution in [2.75, 3.05) is 0 Å². The van der Waals surface area contributed by atoms with Crippen LogP contribution in [0.25, 0.3) is 0 Å². The van der Waals surface area contributed by atoms with E-state index in [0.717, 1.165) is 11.6 Å². The molecule has 1 aliphatic rings. The van der Waals surface area contributed by atoms with Crippen LogP contribution in [-0.4, -0.2) is 15.9 Å². The summed E-state index contributed by atoms with van der Waals surface area (Å²) in [6.45, 7) is 6.35. The summed E-state index contributed by atoms with van der Waals surface area (Å²) in [7, 11) is 0. The summed E-state index contributed by atoms with van der Waals surface area (Å²) >= 11 is 0. The van der Waals surface area contributed by atoms with E-state index in [-0.39, 0.29) is 10.6 Å². The van der Waals surface area contributed by atoms with Crippen molar-refractivity contribution in [3.63, 3.8) is 0 Å². The van der Waals surface area contributed by atoms with Gasteiger partial charge in [0, 0.05) is 29.9 Å². The molecule has 0 radical (unpaired) electrons. The Morgan fingerprint density at radius 3 is 2.67 bits per heavy atom. The molecule has 5 heteroatoms. The van der Waals surface area contributed by atoms with E-state index in [1.54, 1.807) is 20.0 Å². The van der Waals surface area contributed by atoms with Gasteiger partial charge in [0.2, 0.25) is 0 Å². The van der Waals surface area contributed by atoms with Crippen molar-refractivity contribution >= 4 is 5.69 Å². The molecule has 0 unspecified atom stereocenters. The molecule has 1 aromatic heterocycles. The summed E-state index contributed by atoms with van der Waals surface area (Å²) in [6, 6.07) is 0.437. The normalized spacial score (nSPS) is 17.7. The number of nitrogens with zero attached hydrogens (tertiary/aromatic N) is 2. The maximum absolute atomic E-state index is 11.1. The monoisotopic (exact) mass is 291 g/mol. The molecule has 5 nitrogen and oxygen atoms in total. The van der Waals surface area contributed by atoms with Crippen LogP contribution in [0.15, 0.2) is 6.20 Å². The lowest BCUT2D eigenvalue weighted by Crippen LogP contribution is -2.34. The highest BCUT2D eigenvalue weighted by Crippen LogP contribution is 2.27. The Morgan fingerprint density at radius 1 is 1.38 bits per heavy atom. The molecule has 0 amide bonds. The topological polar surface area (TPSA) is 68.1 Å². The van der Waals surface area contributed by atoms with Gasteiger partial charge in [-0.1, -0.05) is 19.3 Å². The van der Waals surface area contributed by atoms with Crippen LogP contribution in [0.1, 0.15) is 55.8 Å². The van der Waals surface area contributed by atoms with Gasteiger partial charge in [-0.05, 0) is 39.5 Å². The van der Waals surface area contributed by atoms with Crippen LogP contribution >= 0.6 is 0 Å². The molecular weight excluding hydrogens is 266 g/mol.